The van der Waals surface area contributed by atoms with Crippen LogP contribution in [0.4, 0.5) is 4.70 Å². The molecule has 1 atom stereocenters. The third kappa shape index (κ3) is 8.87. The largest absolute Gasteiger partial charge is 0.309 e. The molecule has 0 N–H and O–H groups in total. The summed E-state index contributed by atoms with van der Waals surface area (Å²) in [4.78, 5) is 2.21. The monoisotopic (exact) mass is 241 g/mol. The first-order valence-corrected chi connectivity index (χ1v) is 6.05. The van der Waals surface area contributed by atoms with E-state index in [4.69, 9.17) is 0 Å². The van der Waals surface area contributed by atoms with Crippen molar-refractivity contribution in [1.29, 1.82) is 0 Å². The summed E-state index contributed by atoms with van der Waals surface area (Å²) in [5.74, 6) is 1.06. The Labute approximate surface area is 106 Å². The van der Waals surface area contributed by atoms with Crippen LogP contribution in [0, 0.1) is 11.8 Å². The topological polar surface area (TPSA) is 3.24 Å². The number of hydrogen-bond donors (Lipinski definition) is 0. The highest BCUT2D eigenvalue weighted by Crippen LogP contribution is 2.16. The van der Waals surface area contributed by atoms with Crippen molar-refractivity contribution in [2.24, 2.45) is 11.8 Å². The molecule has 100 valence electrons. The normalized spacial score (nSPS) is 12.9. The Hall–Kier alpha value is -0.890. The fraction of sp³-hybridized carbons (Fsp3) is 0.600. The molecule has 0 aliphatic rings. The van der Waals surface area contributed by atoms with Gasteiger partial charge < -0.3 is 4.90 Å². The van der Waals surface area contributed by atoms with Crippen molar-refractivity contribution in [3.8, 4) is 0 Å². The van der Waals surface area contributed by atoms with Gasteiger partial charge in [-0.25, -0.2) is 0 Å². The molecule has 0 aliphatic carbocycles. The molecule has 0 aromatic rings. The first kappa shape index (κ1) is 18.5. The molecule has 0 bridgehead atoms. The van der Waals surface area contributed by atoms with E-state index < -0.39 is 0 Å². The van der Waals surface area contributed by atoms with Gasteiger partial charge in [-0.3, -0.25) is 4.70 Å². The Bertz CT molecular complexity index is 264. The van der Waals surface area contributed by atoms with Gasteiger partial charge in [-0.1, -0.05) is 57.2 Å². The van der Waals surface area contributed by atoms with Crippen LogP contribution in [0.2, 0.25) is 0 Å². The molecule has 2 heteroatoms. The summed E-state index contributed by atoms with van der Waals surface area (Å²) in [6.07, 6.45) is 5.37. The fourth-order valence-electron chi connectivity index (χ4n) is 1.21. The molecule has 0 heterocycles. The molecule has 17 heavy (non-hydrogen) atoms. The molecule has 0 aromatic carbocycles. The van der Waals surface area contributed by atoms with Crippen molar-refractivity contribution in [3.05, 3.63) is 36.5 Å². The number of halogens is 1. The minimum absolute atomic E-state index is 0. The van der Waals surface area contributed by atoms with Crippen molar-refractivity contribution in [2.75, 3.05) is 20.6 Å². The summed E-state index contributed by atoms with van der Waals surface area (Å²) < 4.78 is 0. The van der Waals surface area contributed by atoms with Gasteiger partial charge in [0.25, 0.3) is 0 Å². The van der Waals surface area contributed by atoms with Crippen LogP contribution in [-0.2, 0) is 0 Å². The van der Waals surface area contributed by atoms with Gasteiger partial charge in [-0.15, -0.1) is 0 Å². The SMILES string of the molecule is C=C(/C=C\C(=C)[C@@H](C)CCN(C)C)C(C)C.F. The molecule has 0 spiro atoms. The Kier molecular flexibility index (Phi) is 9.97. The van der Waals surface area contributed by atoms with Gasteiger partial charge in [0.05, 0.1) is 0 Å². The minimum Gasteiger partial charge on any atom is -0.309 e. The zero-order valence-electron chi connectivity index (χ0n) is 12.0. The highest BCUT2D eigenvalue weighted by Gasteiger charge is 2.04. The van der Waals surface area contributed by atoms with E-state index >= 15 is 0 Å². The number of allylic oxidation sites excluding steroid dienone is 4. The molecular weight excluding hydrogens is 213 g/mol. The van der Waals surface area contributed by atoms with E-state index in [1.165, 1.54) is 11.1 Å². The molecule has 0 unspecified atom stereocenters. The van der Waals surface area contributed by atoms with Gasteiger partial charge in [-0.05, 0) is 38.9 Å². The van der Waals surface area contributed by atoms with E-state index in [2.05, 4.69) is 65.1 Å². The van der Waals surface area contributed by atoms with Gasteiger partial charge in [0, 0.05) is 0 Å². The molecule has 0 rings (SSSR count). The smallest absolute Gasteiger partial charge is 0.00191 e. The molecule has 0 fully saturated rings. The molecule has 1 nitrogen and oxygen atoms in total. The Morgan fingerprint density at radius 3 is 1.94 bits per heavy atom. The average Bonchev–Trinajstić information content (AvgIpc) is 2.21. The van der Waals surface area contributed by atoms with Crippen molar-refractivity contribution in [2.45, 2.75) is 27.2 Å². The zero-order chi connectivity index (χ0) is 12.7. The van der Waals surface area contributed by atoms with Crippen LogP contribution in [0.1, 0.15) is 27.2 Å². The highest BCUT2D eigenvalue weighted by molar-refractivity contribution is 5.26. The molecule has 0 radical (unpaired) electrons. The summed E-state index contributed by atoms with van der Waals surface area (Å²) in [7, 11) is 4.21. The van der Waals surface area contributed by atoms with E-state index in [9.17, 15) is 0 Å². The standard InChI is InChI=1S/C15H27N.FH/c1-12(2)13(3)8-9-14(4)15(5)10-11-16(6)7;/h8-9,12,15H,3-4,10-11H2,1-2,5-7H3;1H/b9-8-;/t15-;/m0./s1. The van der Waals surface area contributed by atoms with Crippen LogP contribution in [0.5, 0.6) is 0 Å². The third-order valence-electron chi connectivity index (χ3n) is 2.90. The average molecular weight is 241 g/mol. The summed E-state index contributed by atoms with van der Waals surface area (Å²) in [5.41, 5.74) is 2.37. The van der Waals surface area contributed by atoms with E-state index in [1.54, 1.807) is 0 Å². The van der Waals surface area contributed by atoms with Crippen molar-refractivity contribution in [1.82, 2.24) is 4.90 Å². The first-order chi connectivity index (χ1) is 7.34. The lowest BCUT2D eigenvalue weighted by atomic mass is 9.96. The summed E-state index contributed by atoms with van der Waals surface area (Å²) in [6.45, 7) is 15.8. The Morgan fingerprint density at radius 2 is 1.53 bits per heavy atom. The second-order valence-electron chi connectivity index (χ2n) is 5.13. The van der Waals surface area contributed by atoms with Crippen molar-refractivity contribution < 1.29 is 4.70 Å². The van der Waals surface area contributed by atoms with Gasteiger partial charge in [0.1, 0.15) is 0 Å². The lowest BCUT2D eigenvalue weighted by molar-refractivity contribution is 0.377. The van der Waals surface area contributed by atoms with Crippen LogP contribution >= 0.6 is 0 Å². The second-order valence-corrected chi connectivity index (χ2v) is 5.13. The molecular formula is C15H28FN. The summed E-state index contributed by atoms with van der Waals surface area (Å²) in [6, 6.07) is 0. The quantitative estimate of drug-likeness (QED) is 0.608. The maximum atomic E-state index is 4.12. The molecule has 0 amide bonds. The predicted molar refractivity (Wildman–Crippen MR) is 77.1 cm³/mol. The molecule has 0 saturated carbocycles. The zero-order valence-corrected chi connectivity index (χ0v) is 12.0. The number of nitrogens with zero attached hydrogens (tertiary/aromatic N) is 1. The molecule has 0 saturated heterocycles. The Balaban J connectivity index is 0. The fourth-order valence-corrected chi connectivity index (χ4v) is 1.21. The van der Waals surface area contributed by atoms with Crippen LogP contribution in [-0.4, -0.2) is 25.5 Å². The maximum absolute atomic E-state index is 4.12. The summed E-state index contributed by atoms with van der Waals surface area (Å²) in [5, 5.41) is 0. The van der Waals surface area contributed by atoms with Crippen molar-refractivity contribution in [3.63, 3.8) is 0 Å². The third-order valence-corrected chi connectivity index (χ3v) is 2.90. The first-order valence-electron chi connectivity index (χ1n) is 6.05. The van der Waals surface area contributed by atoms with E-state index in [1.807, 2.05) is 0 Å². The highest BCUT2D eigenvalue weighted by atomic mass is 19.0. The number of hydrogen-bond acceptors (Lipinski definition) is 1. The predicted octanol–water partition coefficient (Wildman–Crippen LogP) is 4.05. The maximum Gasteiger partial charge on any atom is -0.00191 e. The van der Waals surface area contributed by atoms with Gasteiger partial charge >= 0.3 is 0 Å². The minimum atomic E-state index is 0. The van der Waals surface area contributed by atoms with E-state index in [0.29, 0.717) is 11.8 Å². The van der Waals surface area contributed by atoms with Crippen LogP contribution < -0.4 is 0 Å². The van der Waals surface area contributed by atoms with Crippen molar-refractivity contribution >= 4 is 0 Å². The van der Waals surface area contributed by atoms with E-state index in [0.717, 1.165) is 13.0 Å². The number of rotatable bonds is 7. The van der Waals surface area contributed by atoms with Crippen LogP contribution in [0.25, 0.3) is 0 Å². The van der Waals surface area contributed by atoms with Crippen LogP contribution in [0.15, 0.2) is 36.5 Å². The van der Waals surface area contributed by atoms with Gasteiger partial charge in [0.15, 0.2) is 0 Å². The lowest BCUT2D eigenvalue weighted by Gasteiger charge is -2.15. The van der Waals surface area contributed by atoms with Crippen LogP contribution in [0.3, 0.4) is 0 Å². The Morgan fingerprint density at radius 1 is 1.06 bits per heavy atom. The van der Waals surface area contributed by atoms with E-state index in [-0.39, 0.29) is 4.70 Å². The lowest BCUT2D eigenvalue weighted by Crippen LogP contribution is -2.15. The van der Waals surface area contributed by atoms with Gasteiger partial charge in [0.2, 0.25) is 0 Å². The molecule has 0 aliphatic heterocycles. The second kappa shape index (κ2) is 9.17. The van der Waals surface area contributed by atoms with Gasteiger partial charge in [-0.2, -0.15) is 0 Å². The summed E-state index contributed by atoms with van der Waals surface area (Å²) >= 11 is 0. The molecule has 0 aromatic heterocycles.